The predicted molar refractivity (Wildman–Crippen MR) is 92.8 cm³/mol. The Morgan fingerprint density at radius 1 is 0.875 bits per heavy atom. The van der Waals surface area contributed by atoms with Gasteiger partial charge in [0.05, 0.1) is 0 Å². The second kappa shape index (κ2) is 6.11. The molecule has 2 aromatic carbocycles. The molecule has 0 atom stereocenters. The molecule has 0 aliphatic heterocycles. The van der Waals surface area contributed by atoms with E-state index in [9.17, 15) is 0 Å². The van der Waals surface area contributed by atoms with E-state index in [1.165, 1.54) is 4.52 Å². The number of hydrogen-bond acceptors (Lipinski definition) is 4. The van der Waals surface area contributed by atoms with Crippen LogP contribution in [-0.4, -0.2) is 19.8 Å². The molecule has 5 nitrogen and oxygen atoms in total. The van der Waals surface area contributed by atoms with Gasteiger partial charge in [-0.3, -0.25) is 0 Å². The summed E-state index contributed by atoms with van der Waals surface area (Å²) >= 11 is 12.1. The van der Waals surface area contributed by atoms with Gasteiger partial charge in [-0.25, -0.2) is 0 Å². The first kappa shape index (κ1) is 14.9. The Labute approximate surface area is 147 Å². The van der Waals surface area contributed by atoms with Gasteiger partial charge in [-0.05, 0) is 41.4 Å². The van der Waals surface area contributed by atoms with Gasteiger partial charge in [0.1, 0.15) is 5.75 Å². The zero-order valence-corrected chi connectivity index (χ0v) is 13.7. The molecule has 0 saturated heterocycles. The second-order valence-electron chi connectivity index (χ2n) is 5.02. The first-order valence-electron chi connectivity index (χ1n) is 7.11. The van der Waals surface area contributed by atoms with Crippen LogP contribution in [0.2, 0.25) is 10.3 Å². The normalized spacial score (nSPS) is 10.9. The van der Waals surface area contributed by atoms with E-state index in [1.54, 1.807) is 18.2 Å². The maximum atomic E-state index is 6.14. The van der Waals surface area contributed by atoms with Crippen LogP contribution in [0.1, 0.15) is 0 Å². The Morgan fingerprint density at radius 3 is 2.54 bits per heavy atom. The van der Waals surface area contributed by atoms with E-state index < -0.39 is 0 Å². The third-order valence-electron chi connectivity index (χ3n) is 3.44. The molecule has 4 rings (SSSR count). The first-order chi connectivity index (χ1) is 11.7. The Balaban J connectivity index is 1.77. The van der Waals surface area contributed by atoms with E-state index in [4.69, 9.17) is 27.9 Å². The van der Waals surface area contributed by atoms with Gasteiger partial charge >= 0.3 is 0 Å². The first-order valence-corrected chi connectivity index (χ1v) is 7.87. The zero-order chi connectivity index (χ0) is 16.5. The number of halogens is 2. The molecule has 0 radical (unpaired) electrons. The molecule has 118 valence electrons. The van der Waals surface area contributed by atoms with E-state index in [0.717, 1.165) is 11.1 Å². The van der Waals surface area contributed by atoms with Crippen molar-refractivity contribution >= 4 is 28.8 Å². The number of fused-ring (bicyclic) bond motifs is 1. The van der Waals surface area contributed by atoms with Crippen LogP contribution in [0.4, 0.5) is 0 Å². The molecule has 4 aromatic rings. The molecule has 0 amide bonds. The van der Waals surface area contributed by atoms with Crippen LogP contribution in [0.5, 0.6) is 11.6 Å². The summed E-state index contributed by atoms with van der Waals surface area (Å²) in [5.74, 6) is 1.02. The van der Waals surface area contributed by atoms with Gasteiger partial charge in [0, 0.05) is 16.7 Å². The summed E-state index contributed by atoms with van der Waals surface area (Å²) in [7, 11) is 0. The van der Waals surface area contributed by atoms with Crippen LogP contribution < -0.4 is 4.74 Å². The lowest BCUT2D eigenvalue weighted by Gasteiger charge is -2.11. The Morgan fingerprint density at radius 2 is 1.71 bits per heavy atom. The molecule has 0 saturated carbocycles. The highest BCUT2D eigenvalue weighted by atomic mass is 35.5. The topological polar surface area (TPSA) is 52.3 Å². The van der Waals surface area contributed by atoms with Crippen LogP contribution in [0, 0.1) is 0 Å². The van der Waals surface area contributed by atoms with Crippen molar-refractivity contribution in [2.24, 2.45) is 0 Å². The lowest BCUT2D eigenvalue weighted by molar-refractivity contribution is 0.454. The third-order valence-corrected chi connectivity index (χ3v) is 3.91. The third kappa shape index (κ3) is 2.79. The highest BCUT2D eigenvalue weighted by Gasteiger charge is 2.11. The van der Waals surface area contributed by atoms with Gasteiger partial charge in [-0.1, -0.05) is 41.9 Å². The molecule has 0 N–H and O–H groups in total. The van der Waals surface area contributed by atoms with E-state index in [-0.39, 0.29) is 5.28 Å². The monoisotopic (exact) mass is 356 g/mol. The van der Waals surface area contributed by atoms with Crippen LogP contribution in [0.3, 0.4) is 0 Å². The lowest BCUT2D eigenvalue weighted by atomic mass is 10.0. The van der Waals surface area contributed by atoms with Crippen LogP contribution in [-0.2, 0) is 0 Å². The summed E-state index contributed by atoms with van der Waals surface area (Å²) in [6, 6.07) is 18.7. The van der Waals surface area contributed by atoms with Crippen molar-refractivity contribution in [2.45, 2.75) is 0 Å². The van der Waals surface area contributed by atoms with Crippen molar-refractivity contribution in [3.8, 4) is 22.8 Å². The van der Waals surface area contributed by atoms with E-state index in [1.807, 2.05) is 42.5 Å². The van der Waals surface area contributed by atoms with Gasteiger partial charge in [0.25, 0.3) is 0 Å². The Hall–Kier alpha value is -2.63. The minimum absolute atomic E-state index is 0.176. The molecule has 0 aliphatic rings. The standard InChI is InChI=1S/C17H10Cl2N4O/c18-12-6-7-14(13(10-12)11-4-2-1-3-5-11)24-16-9-8-15-20-21-17(19)23(15)22-16/h1-10H. The smallest absolute Gasteiger partial charge is 0.246 e. The van der Waals surface area contributed by atoms with Crippen LogP contribution in [0.25, 0.3) is 16.8 Å². The number of rotatable bonds is 3. The molecule has 7 heteroatoms. The molecule has 24 heavy (non-hydrogen) atoms. The summed E-state index contributed by atoms with van der Waals surface area (Å²) in [6.07, 6.45) is 0. The average molecular weight is 357 g/mol. The van der Waals surface area contributed by atoms with Crippen molar-refractivity contribution in [3.63, 3.8) is 0 Å². The molecular weight excluding hydrogens is 347 g/mol. The Bertz CT molecular complexity index is 1020. The van der Waals surface area contributed by atoms with Gasteiger partial charge in [0.2, 0.25) is 11.2 Å². The molecule has 0 fully saturated rings. The number of aromatic nitrogens is 4. The molecule has 0 unspecified atom stereocenters. The molecule has 2 heterocycles. The van der Waals surface area contributed by atoms with Crippen LogP contribution >= 0.6 is 23.2 Å². The minimum atomic E-state index is 0.176. The SMILES string of the molecule is Clc1ccc(Oc2ccc3nnc(Cl)n3n2)c(-c2ccccc2)c1. The minimum Gasteiger partial charge on any atom is -0.437 e. The van der Waals surface area contributed by atoms with Gasteiger partial charge in [-0.15, -0.1) is 15.3 Å². The maximum Gasteiger partial charge on any atom is 0.246 e. The van der Waals surface area contributed by atoms with Crippen molar-refractivity contribution < 1.29 is 4.74 Å². The summed E-state index contributed by atoms with van der Waals surface area (Å²) in [6.45, 7) is 0. The lowest BCUT2D eigenvalue weighted by Crippen LogP contribution is -1.96. The fraction of sp³-hybridized carbons (Fsp3) is 0. The zero-order valence-electron chi connectivity index (χ0n) is 12.2. The van der Waals surface area contributed by atoms with Gasteiger partial charge in [-0.2, -0.15) is 4.52 Å². The Kier molecular flexibility index (Phi) is 3.80. The maximum absolute atomic E-state index is 6.14. The van der Waals surface area contributed by atoms with Crippen molar-refractivity contribution in [1.29, 1.82) is 0 Å². The van der Waals surface area contributed by atoms with E-state index in [0.29, 0.717) is 22.3 Å². The van der Waals surface area contributed by atoms with Gasteiger partial charge < -0.3 is 4.74 Å². The van der Waals surface area contributed by atoms with Crippen molar-refractivity contribution in [2.75, 3.05) is 0 Å². The average Bonchev–Trinajstić information content (AvgIpc) is 2.98. The summed E-state index contributed by atoms with van der Waals surface area (Å²) in [4.78, 5) is 0. The van der Waals surface area contributed by atoms with Crippen LogP contribution in [0.15, 0.2) is 60.7 Å². The predicted octanol–water partition coefficient (Wildman–Crippen LogP) is 4.89. The number of hydrogen-bond donors (Lipinski definition) is 0. The molecule has 2 aromatic heterocycles. The van der Waals surface area contributed by atoms with Crippen molar-refractivity contribution in [1.82, 2.24) is 19.8 Å². The van der Waals surface area contributed by atoms with E-state index in [2.05, 4.69) is 15.3 Å². The summed E-state index contributed by atoms with van der Waals surface area (Å²) < 4.78 is 7.36. The van der Waals surface area contributed by atoms with Gasteiger partial charge in [0.15, 0.2) is 5.65 Å². The summed E-state index contributed by atoms with van der Waals surface area (Å²) in [5, 5.41) is 12.8. The fourth-order valence-electron chi connectivity index (χ4n) is 2.35. The molecule has 0 spiro atoms. The quantitative estimate of drug-likeness (QED) is 0.524. The van der Waals surface area contributed by atoms with E-state index >= 15 is 0 Å². The fourth-order valence-corrected chi connectivity index (χ4v) is 2.68. The molecular formula is C17H10Cl2N4O. The molecule has 0 bridgehead atoms. The van der Waals surface area contributed by atoms with Crippen molar-refractivity contribution in [3.05, 3.63) is 71.0 Å². The number of ether oxygens (including phenoxy) is 1. The summed E-state index contributed by atoms with van der Waals surface area (Å²) in [5.41, 5.74) is 2.42. The molecule has 0 aliphatic carbocycles. The largest absolute Gasteiger partial charge is 0.437 e. The second-order valence-corrected chi connectivity index (χ2v) is 5.79. The number of nitrogens with zero attached hydrogens (tertiary/aromatic N) is 4. The highest BCUT2D eigenvalue weighted by Crippen LogP contribution is 2.34. The number of benzene rings is 2. The highest BCUT2D eigenvalue weighted by molar-refractivity contribution is 6.31.